The molecule has 1 rings (SSSR count). The average molecular weight is 340 g/mol. The molecule has 130 valence electrons. The smallest absolute Gasteiger partial charge is 0.411 e. The van der Waals surface area contributed by atoms with Crippen molar-refractivity contribution < 1.29 is 9.53 Å². The van der Waals surface area contributed by atoms with E-state index in [0.29, 0.717) is 17.3 Å². The molecule has 0 saturated heterocycles. The highest BCUT2D eigenvalue weighted by Gasteiger charge is 2.05. The summed E-state index contributed by atoms with van der Waals surface area (Å²) in [6, 6.07) is 7.13. The number of unbranched alkanes of at least 4 members (excludes halogenated alkanes) is 9. The summed E-state index contributed by atoms with van der Waals surface area (Å²) in [5.74, 6) is 0. The van der Waals surface area contributed by atoms with E-state index in [2.05, 4.69) is 12.2 Å². The molecule has 0 bridgehead atoms. The SMILES string of the molecule is CCCCCCCCCCCCOC(=O)Nc1ccccc1Cl. The molecule has 4 heteroatoms. The van der Waals surface area contributed by atoms with Gasteiger partial charge in [-0.15, -0.1) is 0 Å². The third-order valence-corrected chi connectivity index (χ3v) is 4.17. The number of hydrogen-bond donors (Lipinski definition) is 1. The lowest BCUT2D eigenvalue weighted by Gasteiger charge is -2.08. The van der Waals surface area contributed by atoms with Gasteiger partial charge in [-0.25, -0.2) is 4.79 Å². The molecule has 1 aromatic rings. The van der Waals surface area contributed by atoms with Crippen molar-refractivity contribution in [3.05, 3.63) is 29.3 Å². The second kappa shape index (κ2) is 13.2. The topological polar surface area (TPSA) is 38.3 Å². The van der Waals surface area contributed by atoms with Crippen molar-refractivity contribution in [3.8, 4) is 0 Å². The van der Waals surface area contributed by atoms with Crippen LogP contribution in [0, 0.1) is 0 Å². The first-order valence-corrected chi connectivity index (χ1v) is 9.30. The molecule has 0 spiro atoms. The van der Waals surface area contributed by atoms with E-state index in [1.165, 1.54) is 51.4 Å². The van der Waals surface area contributed by atoms with E-state index < -0.39 is 6.09 Å². The van der Waals surface area contributed by atoms with Crippen LogP contribution in [-0.2, 0) is 4.74 Å². The van der Waals surface area contributed by atoms with Crippen LogP contribution in [0.1, 0.15) is 71.1 Å². The average Bonchev–Trinajstić information content (AvgIpc) is 2.55. The Balaban J connectivity index is 1.93. The second-order valence-corrected chi connectivity index (χ2v) is 6.33. The summed E-state index contributed by atoms with van der Waals surface area (Å²) < 4.78 is 5.16. The molecule has 0 aliphatic rings. The van der Waals surface area contributed by atoms with Gasteiger partial charge in [0.15, 0.2) is 0 Å². The Bertz CT molecular complexity index is 437. The molecule has 1 amide bonds. The third-order valence-electron chi connectivity index (χ3n) is 3.84. The molecule has 0 atom stereocenters. The van der Waals surface area contributed by atoms with Gasteiger partial charge in [0, 0.05) is 0 Å². The van der Waals surface area contributed by atoms with Crippen LogP contribution in [0.3, 0.4) is 0 Å². The summed E-state index contributed by atoms with van der Waals surface area (Å²) in [7, 11) is 0. The van der Waals surface area contributed by atoms with Gasteiger partial charge in [0.25, 0.3) is 0 Å². The zero-order valence-corrected chi connectivity index (χ0v) is 15.0. The number of amides is 1. The summed E-state index contributed by atoms with van der Waals surface area (Å²) in [4.78, 5) is 11.6. The highest BCUT2D eigenvalue weighted by atomic mass is 35.5. The zero-order valence-electron chi connectivity index (χ0n) is 14.3. The van der Waals surface area contributed by atoms with Crippen LogP contribution in [0.25, 0.3) is 0 Å². The number of carbonyl (C=O) groups is 1. The van der Waals surface area contributed by atoms with Gasteiger partial charge in [-0.05, 0) is 18.6 Å². The van der Waals surface area contributed by atoms with Gasteiger partial charge in [0.1, 0.15) is 0 Å². The summed E-state index contributed by atoms with van der Waals surface area (Å²) in [5, 5.41) is 3.17. The quantitative estimate of drug-likeness (QED) is 0.425. The predicted octanol–water partition coefficient (Wildman–Crippen LogP) is 6.81. The maximum absolute atomic E-state index is 11.6. The van der Waals surface area contributed by atoms with Crippen molar-refractivity contribution in [3.63, 3.8) is 0 Å². The van der Waals surface area contributed by atoms with Gasteiger partial charge in [-0.3, -0.25) is 5.32 Å². The van der Waals surface area contributed by atoms with Gasteiger partial charge in [0.2, 0.25) is 0 Å². The normalized spacial score (nSPS) is 10.5. The van der Waals surface area contributed by atoms with E-state index >= 15 is 0 Å². The molecule has 1 aromatic carbocycles. The van der Waals surface area contributed by atoms with Crippen LogP contribution in [0.15, 0.2) is 24.3 Å². The summed E-state index contributed by atoms with van der Waals surface area (Å²) >= 11 is 5.97. The highest BCUT2D eigenvalue weighted by Crippen LogP contribution is 2.20. The number of benzene rings is 1. The summed E-state index contributed by atoms with van der Waals surface area (Å²) in [5.41, 5.74) is 0.585. The minimum atomic E-state index is -0.436. The van der Waals surface area contributed by atoms with Crippen molar-refractivity contribution in [1.82, 2.24) is 0 Å². The first-order chi connectivity index (χ1) is 11.2. The number of hydrogen-bond acceptors (Lipinski definition) is 2. The molecule has 0 fully saturated rings. The fourth-order valence-electron chi connectivity index (χ4n) is 2.46. The van der Waals surface area contributed by atoms with Crippen molar-refractivity contribution in [1.29, 1.82) is 0 Å². The Morgan fingerprint density at radius 2 is 1.52 bits per heavy atom. The first-order valence-electron chi connectivity index (χ1n) is 8.92. The lowest BCUT2D eigenvalue weighted by Crippen LogP contribution is -2.14. The van der Waals surface area contributed by atoms with Gasteiger partial charge < -0.3 is 4.74 Å². The molecule has 3 nitrogen and oxygen atoms in total. The third kappa shape index (κ3) is 10.2. The number of para-hydroxylation sites is 1. The molecule has 1 N–H and O–H groups in total. The van der Waals surface area contributed by atoms with E-state index in [9.17, 15) is 4.79 Å². The molecule has 0 unspecified atom stereocenters. The Morgan fingerprint density at radius 1 is 0.957 bits per heavy atom. The van der Waals surface area contributed by atoms with E-state index in [1.807, 2.05) is 12.1 Å². The molecular formula is C19H30ClNO2. The molecule has 0 saturated carbocycles. The largest absolute Gasteiger partial charge is 0.449 e. The van der Waals surface area contributed by atoms with Crippen molar-refractivity contribution in [2.24, 2.45) is 0 Å². The van der Waals surface area contributed by atoms with Gasteiger partial charge >= 0.3 is 6.09 Å². The number of rotatable bonds is 12. The molecular weight excluding hydrogens is 310 g/mol. The van der Waals surface area contributed by atoms with Crippen LogP contribution >= 0.6 is 11.6 Å². The maximum atomic E-state index is 11.6. The molecule has 23 heavy (non-hydrogen) atoms. The number of ether oxygens (including phenoxy) is 1. The zero-order chi connectivity index (χ0) is 16.8. The number of halogens is 1. The predicted molar refractivity (Wildman–Crippen MR) is 98.3 cm³/mol. The van der Waals surface area contributed by atoms with Crippen molar-refractivity contribution in [2.45, 2.75) is 71.1 Å². The van der Waals surface area contributed by atoms with Crippen molar-refractivity contribution in [2.75, 3.05) is 11.9 Å². The van der Waals surface area contributed by atoms with E-state index in [-0.39, 0.29) is 0 Å². The Morgan fingerprint density at radius 3 is 2.13 bits per heavy atom. The molecule has 0 aliphatic carbocycles. The minimum absolute atomic E-state index is 0.436. The number of carbonyl (C=O) groups excluding carboxylic acids is 1. The number of nitrogens with one attached hydrogen (secondary N) is 1. The Kier molecular flexibility index (Phi) is 11.4. The van der Waals surface area contributed by atoms with Crippen LogP contribution in [0.4, 0.5) is 10.5 Å². The monoisotopic (exact) mass is 339 g/mol. The summed E-state index contributed by atoms with van der Waals surface area (Å²) in [6.45, 7) is 2.71. The lowest BCUT2D eigenvalue weighted by atomic mass is 10.1. The minimum Gasteiger partial charge on any atom is -0.449 e. The first kappa shape index (κ1) is 19.8. The molecule has 0 heterocycles. The molecule has 0 aliphatic heterocycles. The van der Waals surface area contributed by atoms with Crippen LogP contribution in [0.2, 0.25) is 5.02 Å². The van der Waals surface area contributed by atoms with E-state index in [1.54, 1.807) is 12.1 Å². The van der Waals surface area contributed by atoms with Crippen LogP contribution in [-0.4, -0.2) is 12.7 Å². The molecule has 0 radical (unpaired) electrons. The number of anilines is 1. The molecule has 0 aromatic heterocycles. The van der Waals surface area contributed by atoms with E-state index in [4.69, 9.17) is 16.3 Å². The van der Waals surface area contributed by atoms with Gasteiger partial charge in [0.05, 0.1) is 17.3 Å². The van der Waals surface area contributed by atoms with Crippen LogP contribution in [0.5, 0.6) is 0 Å². The Hall–Kier alpha value is -1.22. The standard InChI is InChI=1S/C19H30ClNO2/c1-2-3-4-5-6-7-8-9-10-13-16-23-19(22)21-18-15-12-11-14-17(18)20/h11-12,14-15H,2-10,13,16H2,1H3,(H,21,22). The highest BCUT2D eigenvalue weighted by molar-refractivity contribution is 6.33. The second-order valence-electron chi connectivity index (χ2n) is 5.92. The van der Waals surface area contributed by atoms with Gasteiger partial charge in [-0.1, -0.05) is 88.4 Å². The lowest BCUT2D eigenvalue weighted by molar-refractivity contribution is 0.159. The summed E-state index contributed by atoms with van der Waals surface area (Å²) in [6.07, 6.45) is 12.2. The fraction of sp³-hybridized carbons (Fsp3) is 0.632. The fourth-order valence-corrected chi connectivity index (χ4v) is 2.65. The van der Waals surface area contributed by atoms with Gasteiger partial charge in [-0.2, -0.15) is 0 Å². The van der Waals surface area contributed by atoms with Crippen LogP contribution < -0.4 is 5.32 Å². The van der Waals surface area contributed by atoms with Crippen molar-refractivity contribution >= 4 is 23.4 Å². The van der Waals surface area contributed by atoms with E-state index in [0.717, 1.165) is 12.8 Å². The Labute approximate surface area is 145 Å². The maximum Gasteiger partial charge on any atom is 0.411 e.